The molecule has 0 saturated carbocycles. The molecule has 7 rings (SSSR count). The van der Waals surface area contributed by atoms with Crippen LogP contribution in [0.25, 0.3) is 22.9 Å². The van der Waals surface area contributed by atoms with E-state index in [-0.39, 0.29) is 5.92 Å². The second kappa shape index (κ2) is 8.00. The van der Waals surface area contributed by atoms with Crippen LogP contribution in [0.4, 0.5) is 0 Å². The summed E-state index contributed by atoms with van der Waals surface area (Å²) in [7, 11) is 0. The third-order valence-corrected chi connectivity index (χ3v) is 6.57. The third-order valence-electron chi connectivity index (χ3n) is 6.32. The molecule has 9 heteroatoms. The Labute approximate surface area is 210 Å². The number of nitrogens with zero attached hydrogens (tertiary/aromatic N) is 7. The maximum absolute atomic E-state index is 6.45. The van der Waals surface area contributed by atoms with Crippen LogP contribution in [-0.2, 0) is 0 Å². The number of fused-ring (bicyclic) bond motifs is 4. The number of aromatic nitrogens is 7. The number of para-hydroxylation sites is 1. The lowest BCUT2D eigenvalue weighted by atomic mass is 9.84. The van der Waals surface area contributed by atoms with Gasteiger partial charge >= 0.3 is 0 Å². The summed E-state index contributed by atoms with van der Waals surface area (Å²) in [6.45, 7) is 1.99. The summed E-state index contributed by atoms with van der Waals surface area (Å²) in [6, 6.07) is 23.4. The Hall–Kier alpha value is -4.56. The molecule has 1 unspecified atom stereocenters. The summed E-state index contributed by atoms with van der Waals surface area (Å²) >= 11 is 6.25. The van der Waals surface area contributed by atoms with Gasteiger partial charge in [-0.2, -0.15) is 5.10 Å². The van der Waals surface area contributed by atoms with Crippen LogP contribution in [0, 0.1) is 6.92 Å². The lowest BCUT2D eigenvalue weighted by molar-refractivity contribution is 0.402. The Balaban J connectivity index is 1.50. The minimum atomic E-state index is -0.240. The molecule has 6 aromatic rings. The fraction of sp³-hybridized carbons (Fsp3) is 0.0741. The van der Waals surface area contributed by atoms with E-state index >= 15 is 0 Å². The van der Waals surface area contributed by atoms with Crippen LogP contribution in [0.3, 0.4) is 0 Å². The van der Waals surface area contributed by atoms with Crippen molar-refractivity contribution >= 4 is 17.2 Å². The van der Waals surface area contributed by atoms with E-state index in [0.717, 1.165) is 28.1 Å². The molecule has 8 nitrogen and oxygen atoms in total. The standard InChI is InChI=1S/C27H18ClN7O/c1-16-21-22(17-10-12-18(28)13-11-17)23-25-31-24(20-9-5-6-14-29-20)33-34(25)15-30-26(23)36-27(21)35(32-16)19-7-3-2-4-8-19/h2-15,22H,1H3. The van der Waals surface area contributed by atoms with E-state index in [1.54, 1.807) is 17.0 Å². The fourth-order valence-electron chi connectivity index (χ4n) is 4.71. The summed E-state index contributed by atoms with van der Waals surface area (Å²) in [5.41, 5.74) is 5.88. The highest BCUT2D eigenvalue weighted by Gasteiger charge is 2.38. The SMILES string of the molecule is Cc1nn(-c2ccccc2)c2c1C(c1ccc(Cl)cc1)c1c(ncn3nc(-c4ccccn4)nc13)O2. The molecule has 0 spiro atoms. The van der Waals surface area contributed by atoms with Crippen molar-refractivity contribution in [3.8, 4) is 29.0 Å². The Morgan fingerprint density at radius 2 is 1.67 bits per heavy atom. The van der Waals surface area contributed by atoms with Gasteiger partial charge in [0.2, 0.25) is 17.6 Å². The second-order valence-corrected chi connectivity index (χ2v) is 8.96. The predicted molar refractivity (Wildman–Crippen MR) is 135 cm³/mol. The molecule has 0 fully saturated rings. The highest BCUT2D eigenvalue weighted by molar-refractivity contribution is 6.30. The fourth-order valence-corrected chi connectivity index (χ4v) is 4.84. The number of hydrogen-bond acceptors (Lipinski definition) is 6. The number of halogens is 1. The normalized spacial score (nSPS) is 14.3. The van der Waals surface area contributed by atoms with Crippen LogP contribution in [0.2, 0.25) is 5.02 Å². The van der Waals surface area contributed by atoms with Gasteiger partial charge in [-0.1, -0.05) is 48.0 Å². The van der Waals surface area contributed by atoms with Gasteiger partial charge in [-0.3, -0.25) is 4.98 Å². The van der Waals surface area contributed by atoms with Crippen molar-refractivity contribution in [3.63, 3.8) is 0 Å². The first kappa shape index (κ1) is 20.8. The minimum absolute atomic E-state index is 0.240. The summed E-state index contributed by atoms with van der Waals surface area (Å²) in [4.78, 5) is 13.9. The lowest BCUT2D eigenvalue weighted by Gasteiger charge is -2.26. The number of ether oxygens (including phenoxy) is 1. The van der Waals surface area contributed by atoms with Crippen molar-refractivity contribution < 1.29 is 4.74 Å². The van der Waals surface area contributed by atoms with Crippen LogP contribution >= 0.6 is 11.6 Å². The number of aryl methyl sites for hydroxylation is 1. The maximum atomic E-state index is 6.45. The van der Waals surface area contributed by atoms with Gasteiger partial charge in [-0.05, 0) is 48.9 Å². The van der Waals surface area contributed by atoms with Gasteiger partial charge in [0, 0.05) is 11.2 Å². The first-order chi connectivity index (χ1) is 17.7. The van der Waals surface area contributed by atoms with Crippen molar-refractivity contribution in [3.05, 3.63) is 113 Å². The van der Waals surface area contributed by atoms with E-state index in [1.165, 1.54) is 0 Å². The number of hydrogen-bond donors (Lipinski definition) is 0. The van der Waals surface area contributed by atoms with E-state index in [4.69, 9.17) is 26.4 Å². The Bertz CT molecular complexity index is 1730. The van der Waals surface area contributed by atoms with Gasteiger partial charge in [0.05, 0.1) is 28.4 Å². The molecule has 2 aromatic carbocycles. The molecule has 5 heterocycles. The average molecular weight is 492 g/mol. The maximum Gasteiger partial charge on any atom is 0.230 e. The van der Waals surface area contributed by atoms with Gasteiger partial charge in [0.25, 0.3) is 0 Å². The Kier molecular flexibility index (Phi) is 4.62. The molecule has 1 aliphatic heterocycles. The van der Waals surface area contributed by atoms with E-state index < -0.39 is 0 Å². The Morgan fingerprint density at radius 1 is 0.861 bits per heavy atom. The molecular weight excluding hydrogens is 474 g/mol. The monoisotopic (exact) mass is 491 g/mol. The van der Waals surface area contributed by atoms with Gasteiger partial charge in [-0.15, -0.1) is 5.10 Å². The Morgan fingerprint density at radius 3 is 2.44 bits per heavy atom. The zero-order chi connectivity index (χ0) is 24.2. The highest BCUT2D eigenvalue weighted by Crippen LogP contribution is 2.49. The lowest BCUT2D eigenvalue weighted by Crippen LogP contribution is -2.16. The molecule has 0 amide bonds. The first-order valence-electron chi connectivity index (χ1n) is 11.4. The minimum Gasteiger partial charge on any atom is -0.420 e. The second-order valence-electron chi connectivity index (χ2n) is 8.52. The number of pyridine rings is 1. The van der Waals surface area contributed by atoms with Gasteiger partial charge in [0.15, 0.2) is 5.65 Å². The number of rotatable bonds is 3. The van der Waals surface area contributed by atoms with Crippen LogP contribution < -0.4 is 4.74 Å². The van der Waals surface area contributed by atoms with Gasteiger partial charge in [0.1, 0.15) is 12.0 Å². The molecule has 0 N–H and O–H groups in total. The van der Waals surface area contributed by atoms with Crippen LogP contribution in [0.1, 0.15) is 28.3 Å². The average Bonchev–Trinajstić information content (AvgIpc) is 3.50. The van der Waals surface area contributed by atoms with E-state index in [0.29, 0.717) is 33.9 Å². The van der Waals surface area contributed by atoms with Gasteiger partial charge < -0.3 is 4.74 Å². The van der Waals surface area contributed by atoms with Crippen LogP contribution in [-0.4, -0.2) is 34.3 Å². The smallest absolute Gasteiger partial charge is 0.230 e. The summed E-state index contributed by atoms with van der Waals surface area (Å²) in [5, 5.41) is 10.2. The van der Waals surface area contributed by atoms with Crippen LogP contribution in [0.5, 0.6) is 11.8 Å². The molecule has 0 aliphatic carbocycles. The molecule has 36 heavy (non-hydrogen) atoms. The molecule has 1 atom stereocenters. The molecule has 1 aliphatic rings. The third kappa shape index (κ3) is 3.19. The largest absolute Gasteiger partial charge is 0.420 e. The summed E-state index contributed by atoms with van der Waals surface area (Å²) in [6.07, 6.45) is 3.34. The number of benzene rings is 2. The zero-order valence-corrected chi connectivity index (χ0v) is 19.8. The molecule has 0 bridgehead atoms. The first-order valence-corrected chi connectivity index (χ1v) is 11.8. The zero-order valence-electron chi connectivity index (χ0n) is 19.1. The molecule has 0 saturated heterocycles. The van der Waals surface area contributed by atoms with Crippen molar-refractivity contribution in [2.45, 2.75) is 12.8 Å². The quantitative estimate of drug-likeness (QED) is 0.319. The topological polar surface area (TPSA) is 83.0 Å². The molecule has 0 radical (unpaired) electrons. The van der Waals surface area contributed by atoms with Crippen LogP contribution in [0.15, 0.2) is 85.3 Å². The van der Waals surface area contributed by atoms with Gasteiger partial charge in [-0.25, -0.2) is 19.2 Å². The van der Waals surface area contributed by atoms with E-state index in [1.807, 2.05) is 84.4 Å². The molecule has 174 valence electrons. The van der Waals surface area contributed by atoms with Crippen molar-refractivity contribution in [1.82, 2.24) is 34.3 Å². The summed E-state index contributed by atoms with van der Waals surface area (Å²) in [5.74, 6) is 1.37. The summed E-state index contributed by atoms with van der Waals surface area (Å²) < 4.78 is 9.95. The van der Waals surface area contributed by atoms with Crippen molar-refractivity contribution in [2.24, 2.45) is 0 Å². The highest BCUT2D eigenvalue weighted by atomic mass is 35.5. The van der Waals surface area contributed by atoms with E-state index in [9.17, 15) is 0 Å². The predicted octanol–water partition coefficient (Wildman–Crippen LogP) is 5.62. The van der Waals surface area contributed by atoms with E-state index in [2.05, 4.69) is 15.1 Å². The molecule has 4 aromatic heterocycles. The van der Waals surface area contributed by atoms with Crippen molar-refractivity contribution in [2.75, 3.05) is 0 Å². The molecular formula is C27H18ClN7O. The van der Waals surface area contributed by atoms with Crippen molar-refractivity contribution in [1.29, 1.82) is 0 Å².